The van der Waals surface area contributed by atoms with Crippen LogP contribution in [0.2, 0.25) is 0 Å². The van der Waals surface area contributed by atoms with Gasteiger partial charge < -0.3 is 9.80 Å². The average Bonchev–Trinajstić information content (AvgIpc) is 2.63. The Kier molecular flexibility index (Phi) is 5.35. The molecule has 0 saturated carbocycles. The molecule has 0 N–H and O–H groups in total. The number of benzene rings is 1. The van der Waals surface area contributed by atoms with Gasteiger partial charge in [-0.3, -0.25) is 4.79 Å². The minimum Gasteiger partial charge on any atom is -0.349 e. The molecule has 1 atom stereocenters. The molecule has 24 heavy (non-hydrogen) atoms. The number of nitrogens with zero attached hydrogens (tertiary/aromatic N) is 4. The van der Waals surface area contributed by atoms with Gasteiger partial charge in [0, 0.05) is 36.8 Å². The number of thioether (sulfide) groups is 1. The van der Waals surface area contributed by atoms with Crippen LogP contribution < -0.4 is 4.90 Å². The van der Waals surface area contributed by atoms with Crippen molar-refractivity contribution in [3.05, 3.63) is 48.2 Å². The van der Waals surface area contributed by atoms with Crippen LogP contribution in [-0.4, -0.2) is 52.9 Å². The molecule has 1 aliphatic rings. The molecule has 1 fully saturated rings. The number of aromatic nitrogens is 2. The summed E-state index contributed by atoms with van der Waals surface area (Å²) in [7, 11) is 0. The molecule has 3 rings (SSSR count). The number of hydrogen-bond donors (Lipinski definition) is 0. The van der Waals surface area contributed by atoms with Gasteiger partial charge in [-0.25, -0.2) is 0 Å². The highest BCUT2D eigenvalue weighted by Crippen LogP contribution is 2.19. The molecule has 1 aliphatic heterocycles. The molecule has 1 aromatic heterocycles. The van der Waals surface area contributed by atoms with E-state index in [4.69, 9.17) is 0 Å². The fraction of sp³-hybridized carbons (Fsp3) is 0.389. The summed E-state index contributed by atoms with van der Waals surface area (Å²) >= 11 is 1.71. The number of carbonyl (C=O) groups is 1. The van der Waals surface area contributed by atoms with Crippen molar-refractivity contribution >= 4 is 23.5 Å². The monoisotopic (exact) mass is 342 g/mol. The molecule has 0 spiro atoms. The highest BCUT2D eigenvalue weighted by atomic mass is 32.2. The molecule has 0 aliphatic carbocycles. The van der Waals surface area contributed by atoms with Crippen LogP contribution in [0.3, 0.4) is 0 Å². The van der Waals surface area contributed by atoms with E-state index in [-0.39, 0.29) is 11.9 Å². The summed E-state index contributed by atoms with van der Waals surface area (Å²) in [6, 6.07) is 12.3. The predicted octanol–water partition coefficient (Wildman–Crippen LogP) is 2.48. The second-order valence-electron chi connectivity index (χ2n) is 5.99. The van der Waals surface area contributed by atoms with Crippen LogP contribution in [0.1, 0.15) is 12.5 Å². The third-order valence-electron chi connectivity index (χ3n) is 4.35. The first-order chi connectivity index (χ1) is 11.7. The van der Waals surface area contributed by atoms with Crippen molar-refractivity contribution in [3.8, 4) is 0 Å². The van der Waals surface area contributed by atoms with Crippen LogP contribution in [0.5, 0.6) is 0 Å². The van der Waals surface area contributed by atoms with Crippen molar-refractivity contribution in [2.75, 3.05) is 30.8 Å². The van der Waals surface area contributed by atoms with Gasteiger partial charge in [0.05, 0.1) is 6.42 Å². The van der Waals surface area contributed by atoms with Crippen LogP contribution in [0, 0.1) is 0 Å². The Morgan fingerprint density at radius 3 is 2.67 bits per heavy atom. The molecule has 5 nitrogen and oxygen atoms in total. The Labute approximate surface area is 147 Å². The van der Waals surface area contributed by atoms with Gasteiger partial charge in [-0.1, -0.05) is 12.1 Å². The number of anilines is 1. The number of hydrogen-bond acceptors (Lipinski definition) is 5. The zero-order valence-corrected chi connectivity index (χ0v) is 14.9. The Morgan fingerprint density at radius 1 is 1.25 bits per heavy atom. The summed E-state index contributed by atoms with van der Waals surface area (Å²) in [4.78, 5) is 18.0. The van der Waals surface area contributed by atoms with Crippen LogP contribution in [0.25, 0.3) is 0 Å². The largest absolute Gasteiger partial charge is 0.349 e. The fourth-order valence-corrected chi connectivity index (χ4v) is 3.41. The first-order valence-corrected chi connectivity index (χ1v) is 9.35. The normalized spacial score (nSPS) is 17.8. The molecule has 0 bridgehead atoms. The maximum absolute atomic E-state index is 12.6. The van der Waals surface area contributed by atoms with Crippen molar-refractivity contribution in [1.29, 1.82) is 0 Å². The summed E-state index contributed by atoms with van der Waals surface area (Å²) in [5.41, 5.74) is 1.07. The summed E-state index contributed by atoms with van der Waals surface area (Å²) in [6.45, 7) is 4.36. The zero-order chi connectivity index (χ0) is 16.9. The van der Waals surface area contributed by atoms with Crippen LogP contribution in [0.15, 0.2) is 47.5 Å². The minimum absolute atomic E-state index is 0.192. The van der Waals surface area contributed by atoms with Gasteiger partial charge in [0.15, 0.2) is 5.82 Å². The van der Waals surface area contributed by atoms with Crippen molar-refractivity contribution in [2.45, 2.75) is 24.3 Å². The van der Waals surface area contributed by atoms with Gasteiger partial charge in [-0.15, -0.1) is 16.9 Å². The lowest BCUT2D eigenvalue weighted by atomic mass is 10.1. The average molecular weight is 342 g/mol. The summed E-state index contributed by atoms with van der Waals surface area (Å²) in [5, 5.41) is 8.12. The second-order valence-corrected chi connectivity index (χ2v) is 6.87. The lowest BCUT2D eigenvalue weighted by Gasteiger charge is -2.40. The first-order valence-electron chi connectivity index (χ1n) is 8.12. The fourth-order valence-electron chi connectivity index (χ4n) is 3.00. The quantitative estimate of drug-likeness (QED) is 0.799. The maximum atomic E-state index is 12.6. The number of amides is 1. The zero-order valence-electron chi connectivity index (χ0n) is 14.1. The van der Waals surface area contributed by atoms with Gasteiger partial charge in [0.25, 0.3) is 0 Å². The third-order valence-corrected chi connectivity index (χ3v) is 5.09. The molecule has 6 heteroatoms. The Hall–Kier alpha value is -2.08. The topological polar surface area (TPSA) is 49.3 Å². The lowest BCUT2D eigenvalue weighted by molar-refractivity contribution is -0.131. The highest BCUT2D eigenvalue weighted by molar-refractivity contribution is 7.98. The number of piperazine rings is 1. The summed E-state index contributed by atoms with van der Waals surface area (Å²) in [5.74, 6) is 1.07. The smallest absolute Gasteiger partial charge is 0.227 e. The van der Waals surface area contributed by atoms with Gasteiger partial charge in [0.1, 0.15) is 0 Å². The van der Waals surface area contributed by atoms with Crippen molar-refractivity contribution in [2.24, 2.45) is 0 Å². The van der Waals surface area contributed by atoms with Gasteiger partial charge in [-0.2, -0.15) is 5.10 Å². The number of carbonyl (C=O) groups excluding carboxylic acids is 1. The van der Waals surface area contributed by atoms with E-state index in [0.717, 1.165) is 31.0 Å². The third kappa shape index (κ3) is 3.87. The Bertz CT molecular complexity index is 677. The van der Waals surface area contributed by atoms with Gasteiger partial charge in [-0.05, 0) is 43.0 Å². The van der Waals surface area contributed by atoms with E-state index in [1.807, 2.05) is 29.2 Å². The molecule has 0 radical (unpaired) electrons. The van der Waals surface area contributed by atoms with E-state index in [2.05, 4.69) is 40.4 Å². The first kappa shape index (κ1) is 16.8. The summed E-state index contributed by atoms with van der Waals surface area (Å²) < 4.78 is 0. The Balaban J connectivity index is 1.59. The molecule has 1 amide bonds. The van der Waals surface area contributed by atoms with E-state index in [1.165, 1.54) is 4.90 Å². The van der Waals surface area contributed by atoms with Gasteiger partial charge in [0.2, 0.25) is 5.91 Å². The maximum Gasteiger partial charge on any atom is 0.227 e. The molecular weight excluding hydrogens is 320 g/mol. The Morgan fingerprint density at radius 2 is 2.04 bits per heavy atom. The van der Waals surface area contributed by atoms with Crippen molar-refractivity contribution in [1.82, 2.24) is 15.1 Å². The summed E-state index contributed by atoms with van der Waals surface area (Å²) in [6.07, 6.45) is 4.20. The van der Waals surface area contributed by atoms with Crippen molar-refractivity contribution in [3.63, 3.8) is 0 Å². The van der Waals surface area contributed by atoms with E-state index in [0.29, 0.717) is 6.42 Å². The van der Waals surface area contributed by atoms with Crippen molar-refractivity contribution < 1.29 is 4.79 Å². The van der Waals surface area contributed by atoms with E-state index >= 15 is 0 Å². The molecule has 126 valence electrons. The molecule has 1 saturated heterocycles. The van der Waals surface area contributed by atoms with E-state index < -0.39 is 0 Å². The van der Waals surface area contributed by atoms with Gasteiger partial charge >= 0.3 is 0 Å². The minimum atomic E-state index is 0.192. The van der Waals surface area contributed by atoms with E-state index in [9.17, 15) is 4.79 Å². The SMILES string of the molecule is CSc1ccc(CC(=O)N2CCN(c3cccnn3)[C@H](C)C2)cc1. The highest BCUT2D eigenvalue weighted by Gasteiger charge is 2.27. The molecular formula is C18H22N4OS. The lowest BCUT2D eigenvalue weighted by Crippen LogP contribution is -2.54. The van der Waals surface area contributed by atoms with Crippen LogP contribution >= 0.6 is 11.8 Å². The van der Waals surface area contributed by atoms with E-state index in [1.54, 1.807) is 18.0 Å². The molecule has 1 aromatic carbocycles. The predicted molar refractivity (Wildman–Crippen MR) is 97.3 cm³/mol. The van der Waals surface area contributed by atoms with Crippen LogP contribution in [-0.2, 0) is 11.2 Å². The molecule has 2 heterocycles. The van der Waals surface area contributed by atoms with Crippen LogP contribution in [0.4, 0.5) is 5.82 Å². The standard InChI is InChI=1S/C18H22N4OS/c1-14-13-21(10-11-22(14)17-4-3-9-19-20-17)18(23)12-15-5-7-16(24-2)8-6-15/h3-9,14H,10-13H2,1-2H3/t14-/m1/s1. The molecule has 0 unspecified atom stereocenters. The number of rotatable bonds is 4. The second kappa shape index (κ2) is 7.66. The molecule has 2 aromatic rings.